The van der Waals surface area contributed by atoms with Crippen molar-refractivity contribution in [3.8, 4) is 0 Å². The molecule has 8 heteroatoms. The molecule has 0 aliphatic carbocycles. The summed E-state index contributed by atoms with van der Waals surface area (Å²) in [6.07, 6.45) is 1.31. The molecule has 0 amide bonds. The second-order valence-electron chi connectivity index (χ2n) is 5.44. The molecule has 0 aromatic rings. The predicted molar refractivity (Wildman–Crippen MR) is 79.5 cm³/mol. The third-order valence-electron chi connectivity index (χ3n) is 3.80. The van der Waals surface area contributed by atoms with Crippen LogP contribution in [0.3, 0.4) is 0 Å². The smallest absolute Gasteiger partial charge is 0.312 e. The Morgan fingerprint density at radius 3 is 2.19 bits per heavy atom. The Morgan fingerprint density at radius 2 is 1.76 bits per heavy atom. The van der Waals surface area contributed by atoms with Crippen LogP contribution in [0.2, 0.25) is 0 Å². The van der Waals surface area contributed by atoms with E-state index in [4.69, 9.17) is 4.74 Å². The minimum Gasteiger partial charge on any atom is -0.616 e. The van der Waals surface area contributed by atoms with E-state index in [-0.39, 0.29) is 17.8 Å². The molecule has 5 atom stereocenters. The van der Waals surface area contributed by atoms with Gasteiger partial charge in [0.2, 0.25) is 0 Å². The molecule has 1 N–H and O–H groups in total. The molecule has 122 valence electrons. The van der Waals surface area contributed by atoms with Crippen LogP contribution in [-0.2, 0) is 36.6 Å². The third-order valence-corrected chi connectivity index (χ3v) is 6.67. The molecule has 0 aromatic heterocycles. The fourth-order valence-electron chi connectivity index (χ4n) is 2.16. The Bertz CT molecular complexity index is 343. The van der Waals surface area contributed by atoms with Crippen LogP contribution >= 0.6 is 0 Å². The first-order chi connectivity index (χ1) is 10.1. The highest BCUT2D eigenvalue weighted by Gasteiger charge is 2.32. The van der Waals surface area contributed by atoms with Gasteiger partial charge in [-0.05, 0) is 0 Å². The van der Waals surface area contributed by atoms with Crippen LogP contribution in [0.1, 0.15) is 19.3 Å². The molecular weight excluding hydrogens is 316 g/mol. The summed E-state index contributed by atoms with van der Waals surface area (Å²) >= 11 is -1.87. The molecule has 21 heavy (non-hydrogen) atoms. The first kappa shape index (κ1) is 17.4. The molecule has 0 aromatic carbocycles. The number of hydrogen-bond donors (Lipinski definition) is 1. The van der Waals surface area contributed by atoms with E-state index >= 15 is 0 Å². The summed E-state index contributed by atoms with van der Waals surface area (Å²) in [6.45, 7) is 1.00. The molecule has 6 nitrogen and oxygen atoms in total. The van der Waals surface area contributed by atoms with Crippen molar-refractivity contribution in [2.75, 3.05) is 36.2 Å². The van der Waals surface area contributed by atoms with E-state index in [0.717, 1.165) is 0 Å². The van der Waals surface area contributed by atoms with Gasteiger partial charge >= 0.3 is 5.97 Å². The van der Waals surface area contributed by atoms with Crippen LogP contribution < -0.4 is 0 Å². The van der Waals surface area contributed by atoms with Gasteiger partial charge in [0, 0.05) is 25.2 Å². The summed E-state index contributed by atoms with van der Waals surface area (Å²) in [6, 6.07) is 0. The highest BCUT2D eigenvalue weighted by Crippen LogP contribution is 2.22. The summed E-state index contributed by atoms with van der Waals surface area (Å²) in [7, 11) is 0. The number of hydrogen-bond acceptors (Lipinski definition) is 6. The van der Waals surface area contributed by atoms with Gasteiger partial charge in [-0.15, -0.1) is 0 Å². The van der Waals surface area contributed by atoms with Gasteiger partial charge in [0.25, 0.3) is 0 Å². The van der Waals surface area contributed by atoms with Crippen molar-refractivity contribution in [1.82, 2.24) is 0 Å². The Hall–Kier alpha value is 0.01000. The number of aliphatic hydroxyl groups is 1. The van der Waals surface area contributed by atoms with Crippen molar-refractivity contribution in [1.29, 1.82) is 0 Å². The van der Waals surface area contributed by atoms with Crippen LogP contribution in [-0.4, -0.2) is 62.7 Å². The zero-order valence-corrected chi connectivity index (χ0v) is 13.5. The normalized spacial score (nSPS) is 31.0. The molecule has 2 rings (SSSR count). The van der Waals surface area contributed by atoms with Gasteiger partial charge in [0.1, 0.15) is 29.6 Å². The van der Waals surface area contributed by atoms with E-state index in [9.17, 15) is 19.0 Å². The molecular formula is C13H22O6S2. The fraction of sp³-hybridized carbons (Fsp3) is 0.923. The van der Waals surface area contributed by atoms with E-state index in [1.807, 2.05) is 0 Å². The van der Waals surface area contributed by atoms with E-state index in [1.165, 1.54) is 0 Å². The van der Waals surface area contributed by atoms with Crippen molar-refractivity contribution in [3.05, 3.63) is 0 Å². The summed E-state index contributed by atoms with van der Waals surface area (Å²) in [5.41, 5.74) is 0. The maximum absolute atomic E-state index is 11.8. The number of cyclic esters (lactones) is 1. The monoisotopic (exact) mass is 338 g/mol. The van der Waals surface area contributed by atoms with Crippen molar-refractivity contribution in [2.45, 2.75) is 25.6 Å². The van der Waals surface area contributed by atoms with Gasteiger partial charge in [0.05, 0.1) is 12.5 Å². The topological polar surface area (TPSA) is 102 Å². The molecule has 2 fully saturated rings. The lowest BCUT2D eigenvalue weighted by molar-refractivity contribution is -0.232. The van der Waals surface area contributed by atoms with Crippen LogP contribution in [0.5, 0.6) is 0 Å². The fourth-order valence-corrected chi connectivity index (χ4v) is 4.79. The highest BCUT2D eigenvalue weighted by molar-refractivity contribution is 7.92. The van der Waals surface area contributed by atoms with Gasteiger partial charge in [-0.1, -0.05) is 22.4 Å². The lowest BCUT2D eigenvalue weighted by Crippen LogP contribution is -2.40. The Balaban J connectivity index is 1.45. The number of aliphatic hydroxyl groups excluding tert-OH is 1. The van der Waals surface area contributed by atoms with E-state index in [1.54, 1.807) is 0 Å². The second kappa shape index (κ2) is 8.59. The second-order valence-corrected chi connectivity index (χ2v) is 8.83. The largest absolute Gasteiger partial charge is 0.616 e. The van der Waals surface area contributed by atoms with Crippen LogP contribution in [0.25, 0.3) is 0 Å². The first-order valence-corrected chi connectivity index (χ1v) is 10.2. The summed E-state index contributed by atoms with van der Waals surface area (Å²) < 4.78 is 33.0. The minimum atomic E-state index is -0.951. The van der Waals surface area contributed by atoms with Gasteiger partial charge in [-0.25, -0.2) is 0 Å². The summed E-state index contributed by atoms with van der Waals surface area (Å²) in [4.78, 5) is 10.9. The molecule has 2 aliphatic rings. The maximum Gasteiger partial charge on any atom is 0.312 e. The number of carbonyl (C=O) groups excluding carboxylic acids is 1. The Labute approximate surface area is 130 Å². The number of carbonyl (C=O) groups is 1. The van der Waals surface area contributed by atoms with Crippen LogP contribution in [0.4, 0.5) is 0 Å². The zero-order chi connectivity index (χ0) is 15.2. The molecule has 0 saturated carbocycles. The van der Waals surface area contributed by atoms with E-state index in [0.29, 0.717) is 55.5 Å². The Morgan fingerprint density at radius 1 is 1.10 bits per heavy atom. The summed E-state index contributed by atoms with van der Waals surface area (Å²) in [5, 5.41) is 9.22. The van der Waals surface area contributed by atoms with Gasteiger partial charge < -0.3 is 23.7 Å². The van der Waals surface area contributed by atoms with Gasteiger partial charge in [-0.3, -0.25) is 4.79 Å². The molecule has 0 spiro atoms. The average molecular weight is 338 g/mol. The molecule has 2 saturated heterocycles. The van der Waals surface area contributed by atoms with Gasteiger partial charge in [-0.2, -0.15) is 0 Å². The standard InChI is InChI=1S/C13H22O6S2/c14-12-10(8-18-12)2-6-20(16)4-1-5-21(17)7-3-11-9-19-13(11)15/h10-12,14H,1-9H2. The third kappa shape index (κ3) is 5.61. The number of esters is 1. The van der Waals surface area contributed by atoms with Crippen molar-refractivity contribution < 1.29 is 28.5 Å². The van der Waals surface area contributed by atoms with Crippen molar-refractivity contribution in [3.63, 3.8) is 0 Å². The minimum absolute atomic E-state index is 0.0702. The zero-order valence-electron chi connectivity index (χ0n) is 11.9. The Kier molecular flexibility index (Phi) is 7.11. The lowest BCUT2D eigenvalue weighted by Gasteiger charge is -2.32. The maximum atomic E-state index is 11.8. The number of rotatable bonds is 10. The lowest BCUT2D eigenvalue weighted by atomic mass is 10.0. The molecule has 5 unspecified atom stereocenters. The predicted octanol–water partition coefficient (Wildman–Crippen LogP) is -0.208. The van der Waals surface area contributed by atoms with Crippen LogP contribution in [0, 0.1) is 11.8 Å². The average Bonchev–Trinajstić information content (AvgIpc) is 2.44. The van der Waals surface area contributed by atoms with E-state index < -0.39 is 28.6 Å². The summed E-state index contributed by atoms with van der Waals surface area (Å²) in [5.74, 6) is 2.01. The van der Waals surface area contributed by atoms with Crippen LogP contribution in [0.15, 0.2) is 0 Å². The van der Waals surface area contributed by atoms with E-state index in [2.05, 4.69) is 4.74 Å². The first-order valence-electron chi connectivity index (χ1n) is 7.22. The van der Waals surface area contributed by atoms with Gasteiger partial charge in [0.15, 0.2) is 6.29 Å². The van der Waals surface area contributed by atoms with Crippen molar-refractivity contribution >= 4 is 28.3 Å². The molecule has 0 radical (unpaired) electrons. The SMILES string of the molecule is O=C1OCC1CC[S+]([O-])CCC[S+]([O-])CCC1COC1O. The molecule has 2 aliphatic heterocycles. The molecule has 0 bridgehead atoms. The number of ether oxygens (including phenoxy) is 2. The highest BCUT2D eigenvalue weighted by atomic mass is 32.2. The quantitative estimate of drug-likeness (QED) is 0.437. The van der Waals surface area contributed by atoms with Crippen molar-refractivity contribution in [2.24, 2.45) is 11.8 Å². The molecule has 2 heterocycles.